The highest BCUT2D eigenvalue weighted by Gasteiger charge is 2.13. The Bertz CT molecular complexity index is 754. The molecule has 0 spiro atoms. The maximum absolute atomic E-state index is 11.9. The monoisotopic (exact) mass is 375 g/mol. The standard InChI is InChI=1S/C20H22ClNO4/c1-13-9-17(21)10-14(2)20(13)26-12-19(24)25-11-18(23)22-15(3)16-7-5-4-6-8-16/h4-10,15H,11-12H2,1-3H3,(H,22,23)/t15-/m1/s1. The summed E-state index contributed by atoms with van der Waals surface area (Å²) in [6.45, 7) is 4.93. The minimum atomic E-state index is -0.610. The van der Waals surface area contributed by atoms with E-state index in [9.17, 15) is 9.59 Å². The van der Waals surface area contributed by atoms with Crippen molar-refractivity contribution in [3.8, 4) is 5.75 Å². The van der Waals surface area contributed by atoms with Crippen LogP contribution in [0.5, 0.6) is 5.75 Å². The second-order valence-electron chi connectivity index (χ2n) is 6.02. The van der Waals surface area contributed by atoms with Gasteiger partial charge < -0.3 is 14.8 Å². The van der Waals surface area contributed by atoms with Crippen molar-refractivity contribution >= 4 is 23.5 Å². The molecule has 0 bridgehead atoms. The lowest BCUT2D eigenvalue weighted by Gasteiger charge is -2.15. The second-order valence-corrected chi connectivity index (χ2v) is 6.45. The number of aryl methyl sites for hydroxylation is 2. The first kappa shape index (κ1) is 19.8. The largest absolute Gasteiger partial charge is 0.481 e. The van der Waals surface area contributed by atoms with Crippen LogP contribution >= 0.6 is 11.6 Å². The molecule has 1 amide bonds. The lowest BCUT2D eigenvalue weighted by atomic mass is 10.1. The van der Waals surface area contributed by atoms with E-state index in [-0.39, 0.29) is 25.2 Å². The Hall–Kier alpha value is -2.53. The predicted molar refractivity (Wildman–Crippen MR) is 100 cm³/mol. The third-order valence-corrected chi connectivity index (χ3v) is 4.02. The van der Waals surface area contributed by atoms with Crippen molar-refractivity contribution in [2.24, 2.45) is 0 Å². The van der Waals surface area contributed by atoms with E-state index in [0.717, 1.165) is 16.7 Å². The first-order chi connectivity index (χ1) is 12.4. The van der Waals surface area contributed by atoms with Crippen molar-refractivity contribution in [3.05, 3.63) is 64.2 Å². The maximum atomic E-state index is 11.9. The average Bonchev–Trinajstić information content (AvgIpc) is 2.59. The zero-order valence-electron chi connectivity index (χ0n) is 15.0. The summed E-state index contributed by atoms with van der Waals surface area (Å²) in [4.78, 5) is 23.7. The molecule has 6 heteroatoms. The number of carbonyl (C=O) groups is 2. The summed E-state index contributed by atoms with van der Waals surface area (Å²) in [6, 6.07) is 12.9. The molecule has 26 heavy (non-hydrogen) atoms. The fraction of sp³-hybridized carbons (Fsp3) is 0.300. The van der Waals surface area contributed by atoms with Crippen LogP contribution in [0.1, 0.15) is 29.7 Å². The van der Waals surface area contributed by atoms with Gasteiger partial charge in [0, 0.05) is 5.02 Å². The molecule has 1 atom stereocenters. The van der Waals surface area contributed by atoms with Gasteiger partial charge in [0.2, 0.25) is 0 Å². The van der Waals surface area contributed by atoms with Gasteiger partial charge in [-0.3, -0.25) is 4.79 Å². The smallest absolute Gasteiger partial charge is 0.344 e. The van der Waals surface area contributed by atoms with E-state index in [1.807, 2.05) is 51.1 Å². The number of carbonyl (C=O) groups excluding carboxylic acids is 2. The van der Waals surface area contributed by atoms with Crippen molar-refractivity contribution in [1.29, 1.82) is 0 Å². The highest BCUT2D eigenvalue weighted by Crippen LogP contribution is 2.26. The van der Waals surface area contributed by atoms with Gasteiger partial charge in [-0.05, 0) is 49.6 Å². The van der Waals surface area contributed by atoms with Crippen molar-refractivity contribution in [3.63, 3.8) is 0 Å². The summed E-state index contributed by atoms with van der Waals surface area (Å²) in [6.07, 6.45) is 0. The molecule has 0 fully saturated rings. The Morgan fingerprint density at radius 2 is 1.69 bits per heavy atom. The van der Waals surface area contributed by atoms with Crippen LogP contribution in [0.4, 0.5) is 0 Å². The molecule has 0 saturated heterocycles. The predicted octanol–water partition coefficient (Wildman–Crippen LogP) is 3.76. The number of esters is 1. The van der Waals surface area contributed by atoms with Crippen LogP contribution in [0, 0.1) is 13.8 Å². The molecule has 0 radical (unpaired) electrons. The van der Waals surface area contributed by atoms with Gasteiger partial charge in [-0.25, -0.2) is 4.79 Å². The summed E-state index contributed by atoms with van der Waals surface area (Å²) in [5.41, 5.74) is 2.64. The number of rotatable bonds is 7. The number of hydrogen-bond acceptors (Lipinski definition) is 4. The van der Waals surface area contributed by atoms with Crippen LogP contribution in [0.2, 0.25) is 5.02 Å². The quantitative estimate of drug-likeness (QED) is 0.748. The third-order valence-electron chi connectivity index (χ3n) is 3.80. The van der Waals surface area contributed by atoms with E-state index >= 15 is 0 Å². The van der Waals surface area contributed by atoms with Gasteiger partial charge in [-0.2, -0.15) is 0 Å². The number of nitrogens with one attached hydrogen (secondary N) is 1. The topological polar surface area (TPSA) is 64.6 Å². The second kappa shape index (κ2) is 9.25. The van der Waals surface area contributed by atoms with E-state index in [0.29, 0.717) is 10.8 Å². The lowest BCUT2D eigenvalue weighted by Crippen LogP contribution is -2.32. The summed E-state index contributed by atoms with van der Waals surface area (Å²) in [7, 11) is 0. The summed E-state index contributed by atoms with van der Waals surface area (Å²) in [5.74, 6) is -0.386. The molecule has 0 aromatic heterocycles. The number of hydrogen-bond donors (Lipinski definition) is 1. The molecular weight excluding hydrogens is 354 g/mol. The van der Waals surface area contributed by atoms with Crippen LogP contribution in [-0.4, -0.2) is 25.1 Å². The van der Waals surface area contributed by atoms with E-state index in [4.69, 9.17) is 21.1 Å². The van der Waals surface area contributed by atoms with Gasteiger partial charge in [-0.15, -0.1) is 0 Å². The zero-order valence-corrected chi connectivity index (χ0v) is 15.8. The number of ether oxygens (including phenoxy) is 2. The van der Waals surface area contributed by atoms with E-state index in [1.165, 1.54) is 0 Å². The van der Waals surface area contributed by atoms with Gasteiger partial charge in [0.1, 0.15) is 5.75 Å². The Labute approximate surface area is 158 Å². The van der Waals surface area contributed by atoms with Crippen LogP contribution in [0.25, 0.3) is 0 Å². The molecule has 2 rings (SSSR count). The van der Waals surface area contributed by atoms with Gasteiger partial charge in [-0.1, -0.05) is 41.9 Å². The number of amides is 1. The Kier molecular flexibility index (Phi) is 7.04. The van der Waals surface area contributed by atoms with Gasteiger partial charge in [0.15, 0.2) is 13.2 Å². The van der Waals surface area contributed by atoms with Crippen LogP contribution < -0.4 is 10.1 Å². The molecule has 0 saturated carbocycles. The number of halogens is 1. The average molecular weight is 376 g/mol. The van der Waals surface area contributed by atoms with E-state index < -0.39 is 5.97 Å². The molecule has 2 aromatic rings. The Morgan fingerprint density at radius 1 is 1.08 bits per heavy atom. The molecule has 0 unspecified atom stereocenters. The van der Waals surface area contributed by atoms with E-state index in [2.05, 4.69) is 5.32 Å². The molecule has 0 heterocycles. The third kappa shape index (κ3) is 5.77. The van der Waals surface area contributed by atoms with Crippen LogP contribution in [0.3, 0.4) is 0 Å². The van der Waals surface area contributed by atoms with Crippen molar-refractivity contribution in [2.75, 3.05) is 13.2 Å². The molecular formula is C20H22ClNO4. The molecule has 0 aliphatic carbocycles. The fourth-order valence-electron chi connectivity index (χ4n) is 2.55. The van der Waals surface area contributed by atoms with Gasteiger partial charge in [0.05, 0.1) is 6.04 Å². The zero-order chi connectivity index (χ0) is 19.1. The van der Waals surface area contributed by atoms with Crippen molar-refractivity contribution < 1.29 is 19.1 Å². The van der Waals surface area contributed by atoms with Crippen LogP contribution in [0.15, 0.2) is 42.5 Å². The van der Waals surface area contributed by atoms with Gasteiger partial charge >= 0.3 is 5.97 Å². The van der Waals surface area contributed by atoms with Crippen LogP contribution in [-0.2, 0) is 14.3 Å². The summed E-state index contributed by atoms with van der Waals surface area (Å²) in [5, 5.41) is 3.39. The summed E-state index contributed by atoms with van der Waals surface area (Å²) >= 11 is 5.96. The SMILES string of the molecule is Cc1cc(Cl)cc(C)c1OCC(=O)OCC(=O)N[C@H](C)c1ccccc1. The number of benzene rings is 2. The minimum absolute atomic E-state index is 0.169. The first-order valence-electron chi connectivity index (χ1n) is 8.26. The maximum Gasteiger partial charge on any atom is 0.344 e. The Balaban J connectivity index is 1.77. The Morgan fingerprint density at radius 3 is 2.31 bits per heavy atom. The fourth-order valence-corrected chi connectivity index (χ4v) is 2.88. The normalized spacial score (nSPS) is 11.5. The first-order valence-corrected chi connectivity index (χ1v) is 8.64. The highest BCUT2D eigenvalue weighted by atomic mass is 35.5. The minimum Gasteiger partial charge on any atom is -0.481 e. The van der Waals surface area contributed by atoms with Crippen molar-refractivity contribution in [2.45, 2.75) is 26.8 Å². The lowest BCUT2D eigenvalue weighted by molar-refractivity contribution is -0.150. The molecule has 0 aliphatic heterocycles. The molecule has 5 nitrogen and oxygen atoms in total. The molecule has 0 aliphatic rings. The van der Waals surface area contributed by atoms with E-state index in [1.54, 1.807) is 12.1 Å². The summed E-state index contributed by atoms with van der Waals surface area (Å²) < 4.78 is 10.5. The molecule has 1 N–H and O–H groups in total. The molecule has 138 valence electrons. The van der Waals surface area contributed by atoms with Crippen molar-refractivity contribution in [1.82, 2.24) is 5.32 Å². The molecule has 2 aromatic carbocycles. The highest BCUT2D eigenvalue weighted by molar-refractivity contribution is 6.30. The van der Waals surface area contributed by atoms with Gasteiger partial charge in [0.25, 0.3) is 5.91 Å².